The minimum absolute atomic E-state index is 0.172. The lowest BCUT2D eigenvalue weighted by Crippen LogP contribution is -2.27. The first-order valence-corrected chi connectivity index (χ1v) is 10.1. The summed E-state index contributed by atoms with van der Waals surface area (Å²) in [6, 6.07) is 12.1. The Bertz CT molecular complexity index is 1090. The number of halogens is 2. The first kappa shape index (κ1) is 20.5. The van der Waals surface area contributed by atoms with E-state index in [2.05, 4.69) is 16.9 Å². The summed E-state index contributed by atoms with van der Waals surface area (Å²) in [5.74, 6) is -0.299. The lowest BCUT2D eigenvalue weighted by molar-refractivity contribution is -0.115. The van der Waals surface area contributed by atoms with Gasteiger partial charge >= 0.3 is 0 Å². The molecule has 1 atom stereocenters. The van der Waals surface area contributed by atoms with Crippen molar-refractivity contribution in [2.24, 2.45) is 0 Å². The van der Waals surface area contributed by atoms with Crippen molar-refractivity contribution in [3.05, 3.63) is 75.5 Å². The van der Waals surface area contributed by atoms with Crippen molar-refractivity contribution in [1.82, 2.24) is 9.55 Å². The summed E-state index contributed by atoms with van der Waals surface area (Å²) in [6.07, 6.45) is 1.62. The van der Waals surface area contributed by atoms with Gasteiger partial charge in [-0.15, -0.1) is 6.58 Å². The molecule has 1 amide bonds. The second kappa shape index (κ2) is 8.82. The molecular weight excluding hydrogens is 417 g/mol. The van der Waals surface area contributed by atoms with Crippen molar-refractivity contribution in [3.63, 3.8) is 0 Å². The van der Waals surface area contributed by atoms with Gasteiger partial charge in [-0.25, -0.2) is 4.98 Å². The number of hydrogen-bond donors (Lipinski definition) is 1. The first-order chi connectivity index (χ1) is 13.4. The fourth-order valence-corrected chi connectivity index (χ4v) is 3.99. The Balaban J connectivity index is 1.91. The predicted octanol–water partition coefficient (Wildman–Crippen LogP) is 5.01. The van der Waals surface area contributed by atoms with Crippen LogP contribution in [0.15, 0.2) is 65.1 Å². The number of rotatable bonds is 6. The Labute approximate surface area is 176 Å². The van der Waals surface area contributed by atoms with Gasteiger partial charge in [-0.05, 0) is 31.2 Å². The largest absolute Gasteiger partial charge is 0.323 e. The zero-order valence-electron chi connectivity index (χ0n) is 15.0. The van der Waals surface area contributed by atoms with Crippen LogP contribution in [0.1, 0.15) is 6.92 Å². The molecule has 3 rings (SSSR count). The average Bonchev–Trinajstić information content (AvgIpc) is 2.67. The topological polar surface area (TPSA) is 64.0 Å². The number of anilines is 1. The number of nitrogens with one attached hydrogen (secondary N) is 1. The monoisotopic (exact) mass is 433 g/mol. The molecule has 0 aliphatic heterocycles. The van der Waals surface area contributed by atoms with E-state index in [1.807, 2.05) is 6.07 Å². The number of aromatic nitrogens is 2. The van der Waals surface area contributed by atoms with E-state index in [9.17, 15) is 9.59 Å². The quantitative estimate of drug-likeness (QED) is 0.337. The molecule has 3 aromatic rings. The van der Waals surface area contributed by atoms with Crippen molar-refractivity contribution in [2.75, 3.05) is 5.32 Å². The van der Waals surface area contributed by atoms with Gasteiger partial charge in [0, 0.05) is 6.54 Å². The molecule has 144 valence electrons. The van der Waals surface area contributed by atoms with E-state index in [1.165, 1.54) is 16.3 Å². The van der Waals surface area contributed by atoms with Gasteiger partial charge in [0.2, 0.25) is 5.91 Å². The maximum atomic E-state index is 12.8. The SMILES string of the molecule is C=CCn1c(SC(C)C(=O)Nc2c(Cl)cccc2Cl)nc2ccccc2c1=O. The maximum absolute atomic E-state index is 12.8. The molecule has 2 aromatic carbocycles. The van der Waals surface area contributed by atoms with Crippen LogP contribution in [0.3, 0.4) is 0 Å². The number of nitrogens with zero attached hydrogens (tertiary/aromatic N) is 2. The fourth-order valence-electron chi connectivity index (χ4n) is 2.58. The van der Waals surface area contributed by atoms with E-state index in [1.54, 1.807) is 49.4 Å². The van der Waals surface area contributed by atoms with Gasteiger partial charge in [-0.3, -0.25) is 14.2 Å². The zero-order chi connectivity index (χ0) is 20.3. The summed E-state index contributed by atoms with van der Waals surface area (Å²) in [6.45, 7) is 5.72. The van der Waals surface area contributed by atoms with Crippen LogP contribution in [0, 0.1) is 0 Å². The number of allylic oxidation sites excluding steroid dienone is 1. The molecule has 5 nitrogen and oxygen atoms in total. The molecule has 0 radical (unpaired) electrons. The summed E-state index contributed by atoms with van der Waals surface area (Å²) in [5, 5.41) is 3.87. The van der Waals surface area contributed by atoms with E-state index >= 15 is 0 Å². The molecule has 28 heavy (non-hydrogen) atoms. The number of carbonyl (C=O) groups excluding carboxylic acids is 1. The van der Waals surface area contributed by atoms with E-state index in [-0.39, 0.29) is 11.5 Å². The molecule has 1 heterocycles. The third-order valence-corrected chi connectivity index (χ3v) is 5.72. The van der Waals surface area contributed by atoms with Crippen molar-refractivity contribution in [3.8, 4) is 0 Å². The Morgan fingerprint density at radius 3 is 2.61 bits per heavy atom. The first-order valence-electron chi connectivity index (χ1n) is 8.44. The lowest BCUT2D eigenvalue weighted by Gasteiger charge is -2.16. The van der Waals surface area contributed by atoms with Crippen LogP contribution >= 0.6 is 35.0 Å². The predicted molar refractivity (Wildman–Crippen MR) is 117 cm³/mol. The van der Waals surface area contributed by atoms with Crippen LogP contribution in [-0.2, 0) is 11.3 Å². The van der Waals surface area contributed by atoms with Gasteiger partial charge in [0.15, 0.2) is 5.16 Å². The van der Waals surface area contributed by atoms with Crippen LogP contribution in [0.5, 0.6) is 0 Å². The van der Waals surface area contributed by atoms with Crippen LogP contribution in [0.2, 0.25) is 10.0 Å². The highest BCUT2D eigenvalue weighted by molar-refractivity contribution is 8.00. The van der Waals surface area contributed by atoms with Crippen LogP contribution in [0.4, 0.5) is 5.69 Å². The summed E-state index contributed by atoms with van der Waals surface area (Å²) < 4.78 is 1.51. The van der Waals surface area contributed by atoms with Crippen LogP contribution in [-0.4, -0.2) is 20.7 Å². The Morgan fingerprint density at radius 2 is 1.93 bits per heavy atom. The highest BCUT2D eigenvalue weighted by Gasteiger charge is 2.20. The molecule has 1 unspecified atom stereocenters. The average molecular weight is 434 g/mol. The molecule has 1 aromatic heterocycles. The van der Waals surface area contributed by atoms with Gasteiger partial charge in [-0.2, -0.15) is 0 Å². The minimum atomic E-state index is -0.545. The Morgan fingerprint density at radius 1 is 1.25 bits per heavy atom. The third-order valence-electron chi connectivity index (χ3n) is 4.00. The van der Waals surface area contributed by atoms with Crippen molar-refractivity contribution in [2.45, 2.75) is 23.9 Å². The third kappa shape index (κ3) is 4.24. The summed E-state index contributed by atoms with van der Waals surface area (Å²) >= 11 is 13.4. The van der Waals surface area contributed by atoms with Crippen LogP contribution in [0.25, 0.3) is 10.9 Å². The molecule has 0 spiro atoms. The number of benzene rings is 2. The smallest absolute Gasteiger partial charge is 0.262 e. The zero-order valence-corrected chi connectivity index (χ0v) is 17.3. The van der Waals surface area contributed by atoms with E-state index in [0.717, 1.165) is 0 Å². The van der Waals surface area contributed by atoms with Crippen LogP contribution < -0.4 is 10.9 Å². The van der Waals surface area contributed by atoms with Crippen molar-refractivity contribution >= 4 is 57.5 Å². The lowest BCUT2D eigenvalue weighted by atomic mass is 10.2. The van der Waals surface area contributed by atoms with Crippen molar-refractivity contribution < 1.29 is 4.79 Å². The van der Waals surface area contributed by atoms with Gasteiger partial charge in [0.1, 0.15) is 0 Å². The molecule has 0 saturated carbocycles. The molecule has 0 aliphatic carbocycles. The number of carbonyl (C=O) groups is 1. The molecule has 0 saturated heterocycles. The Hall–Kier alpha value is -2.28. The van der Waals surface area contributed by atoms with Gasteiger partial charge in [0.25, 0.3) is 5.56 Å². The molecule has 8 heteroatoms. The summed E-state index contributed by atoms with van der Waals surface area (Å²) in [7, 11) is 0. The normalized spacial score (nSPS) is 12.0. The summed E-state index contributed by atoms with van der Waals surface area (Å²) in [5.41, 5.74) is 0.769. The highest BCUT2D eigenvalue weighted by Crippen LogP contribution is 2.31. The summed E-state index contributed by atoms with van der Waals surface area (Å²) in [4.78, 5) is 30.0. The Kier molecular flexibility index (Phi) is 6.44. The fraction of sp³-hybridized carbons (Fsp3) is 0.150. The molecular formula is C20H17Cl2N3O2S. The number of thioether (sulfide) groups is 1. The second-order valence-electron chi connectivity index (χ2n) is 5.96. The molecule has 0 aliphatic rings. The van der Waals surface area contributed by atoms with E-state index < -0.39 is 5.25 Å². The molecule has 1 N–H and O–H groups in total. The molecule has 0 fully saturated rings. The number of fused-ring (bicyclic) bond motifs is 1. The van der Waals surface area contributed by atoms with Gasteiger partial charge < -0.3 is 5.32 Å². The number of hydrogen-bond acceptors (Lipinski definition) is 4. The maximum Gasteiger partial charge on any atom is 0.262 e. The van der Waals surface area contributed by atoms with E-state index in [4.69, 9.17) is 23.2 Å². The van der Waals surface area contributed by atoms with E-state index in [0.29, 0.717) is 38.3 Å². The highest BCUT2D eigenvalue weighted by atomic mass is 35.5. The number of amides is 1. The standard InChI is InChI=1S/C20H17Cl2N3O2S/c1-3-11-25-19(27)13-7-4-5-10-16(13)23-20(25)28-12(2)18(26)24-17-14(21)8-6-9-15(17)22/h3-10,12H,1,11H2,2H3,(H,24,26). The number of para-hydroxylation sites is 2. The second-order valence-corrected chi connectivity index (χ2v) is 8.08. The van der Waals surface area contributed by atoms with Crippen molar-refractivity contribution in [1.29, 1.82) is 0 Å². The molecule has 0 bridgehead atoms. The van der Waals surface area contributed by atoms with Gasteiger partial charge in [-0.1, -0.05) is 59.2 Å². The minimum Gasteiger partial charge on any atom is -0.323 e. The van der Waals surface area contributed by atoms with Gasteiger partial charge in [0.05, 0.1) is 31.9 Å².